The Bertz CT molecular complexity index is 1120. The van der Waals surface area contributed by atoms with Gasteiger partial charge in [-0.15, -0.1) is 11.8 Å². The lowest BCUT2D eigenvalue weighted by Crippen LogP contribution is -2.52. The molecule has 0 saturated carbocycles. The third kappa shape index (κ3) is 8.52. The number of rotatable bonds is 12. The quantitative estimate of drug-likeness (QED) is 0.270. The molecule has 3 rings (SSSR count). The number of hydrogen-bond acceptors (Lipinski definition) is 3. The largest absolute Gasteiger partial charge is 0.352 e. The molecule has 0 spiro atoms. The van der Waals surface area contributed by atoms with Gasteiger partial charge in [0.15, 0.2) is 0 Å². The normalized spacial score (nSPS) is 12.6. The van der Waals surface area contributed by atoms with Crippen molar-refractivity contribution in [2.75, 3.05) is 5.75 Å². The average molecular weight is 568 g/mol. The van der Waals surface area contributed by atoms with Gasteiger partial charge in [0.1, 0.15) is 6.04 Å². The van der Waals surface area contributed by atoms with Crippen LogP contribution in [0.25, 0.3) is 0 Å². The number of halogens is 1. The van der Waals surface area contributed by atoms with E-state index in [-0.39, 0.29) is 17.9 Å². The second-order valence-electron chi connectivity index (χ2n) is 9.09. The molecule has 1 N–H and O–H groups in total. The van der Waals surface area contributed by atoms with Gasteiger partial charge in [0.2, 0.25) is 11.8 Å². The first-order valence-corrected chi connectivity index (χ1v) is 14.3. The number of nitrogens with one attached hydrogen (secondary N) is 1. The molecular formula is C30H35BrN2O2S. The predicted octanol–water partition coefficient (Wildman–Crippen LogP) is 6.55. The minimum atomic E-state index is -0.596. The lowest BCUT2D eigenvalue weighted by atomic mass is 10.0. The minimum absolute atomic E-state index is 0.0272. The molecule has 0 heterocycles. The molecule has 2 amide bonds. The van der Waals surface area contributed by atoms with Crippen LogP contribution < -0.4 is 5.32 Å². The fourth-order valence-corrected chi connectivity index (χ4v) is 5.02. The third-order valence-corrected chi connectivity index (χ3v) is 7.80. The van der Waals surface area contributed by atoms with Crippen LogP contribution >= 0.6 is 27.7 Å². The average Bonchev–Trinajstić information content (AvgIpc) is 2.88. The number of carbonyl (C=O) groups is 2. The van der Waals surface area contributed by atoms with Crippen LogP contribution in [0.3, 0.4) is 0 Å². The van der Waals surface area contributed by atoms with Gasteiger partial charge in [-0.05, 0) is 54.7 Å². The summed E-state index contributed by atoms with van der Waals surface area (Å²) in [6.07, 6.45) is 1.30. The minimum Gasteiger partial charge on any atom is -0.352 e. The Morgan fingerprint density at radius 3 is 2.28 bits per heavy atom. The molecule has 3 aromatic carbocycles. The SMILES string of the molecule is CC[C@H](C)NC(=O)[C@@H](Cc1ccccc1)N(Cc1ccccc1C)C(=O)CSCc1ccc(Br)cc1. The van der Waals surface area contributed by atoms with Crippen molar-refractivity contribution in [2.24, 2.45) is 0 Å². The van der Waals surface area contributed by atoms with Gasteiger partial charge in [-0.2, -0.15) is 0 Å². The monoisotopic (exact) mass is 566 g/mol. The van der Waals surface area contributed by atoms with Crippen LogP contribution in [0, 0.1) is 6.92 Å². The zero-order valence-corrected chi connectivity index (χ0v) is 23.6. The smallest absolute Gasteiger partial charge is 0.243 e. The summed E-state index contributed by atoms with van der Waals surface area (Å²) in [5.41, 5.74) is 4.36. The van der Waals surface area contributed by atoms with Crippen LogP contribution in [0.4, 0.5) is 0 Å². The highest BCUT2D eigenvalue weighted by Gasteiger charge is 2.31. The first-order chi connectivity index (χ1) is 17.4. The highest BCUT2D eigenvalue weighted by atomic mass is 79.9. The van der Waals surface area contributed by atoms with Crippen LogP contribution in [0.5, 0.6) is 0 Å². The molecule has 0 aromatic heterocycles. The molecule has 6 heteroatoms. The molecule has 0 aliphatic carbocycles. The fourth-order valence-electron chi connectivity index (χ4n) is 3.89. The van der Waals surface area contributed by atoms with E-state index in [4.69, 9.17) is 0 Å². The van der Waals surface area contributed by atoms with Gasteiger partial charge in [-0.1, -0.05) is 89.6 Å². The van der Waals surface area contributed by atoms with Gasteiger partial charge in [0, 0.05) is 29.2 Å². The molecule has 0 saturated heterocycles. The standard InChI is InChI=1S/C30H35BrN2O2S/c1-4-23(3)32-30(35)28(18-24-11-6-5-7-12-24)33(19-26-13-9-8-10-22(26)2)29(34)21-36-20-25-14-16-27(31)17-15-25/h5-17,23,28H,4,18-21H2,1-3H3,(H,32,35)/t23-,28+/m0/s1. The van der Waals surface area contributed by atoms with Crippen LogP contribution in [0.1, 0.15) is 42.5 Å². The summed E-state index contributed by atoms with van der Waals surface area (Å²) in [5.74, 6) is 0.914. The van der Waals surface area contributed by atoms with Gasteiger partial charge in [0.25, 0.3) is 0 Å². The van der Waals surface area contributed by atoms with E-state index in [1.165, 1.54) is 0 Å². The highest BCUT2D eigenvalue weighted by Crippen LogP contribution is 2.21. The fraction of sp³-hybridized carbons (Fsp3) is 0.333. The van der Waals surface area contributed by atoms with Crippen LogP contribution in [-0.4, -0.2) is 34.6 Å². The summed E-state index contributed by atoms with van der Waals surface area (Å²) in [7, 11) is 0. The van der Waals surface area contributed by atoms with Crippen molar-refractivity contribution in [3.63, 3.8) is 0 Å². The van der Waals surface area contributed by atoms with E-state index in [1.54, 1.807) is 16.7 Å². The zero-order valence-electron chi connectivity index (χ0n) is 21.2. The molecule has 190 valence electrons. The first kappa shape index (κ1) is 28.0. The van der Waals surface area contributed by atoms with Gasteiger partial charge in [-0.3, -0.25) is 9.59 Å². The second kappa shape index (κ2) is 14.2. The van der Waals surface area contributed by atoms with E-state index in [0.717, 1.165) is 38.9 Å². The maximum absolute atomic E-state index is 13.7. The number of thioether (sulfide) groups is 1. The number of nitrogens with zero attached hydrogens (tertiary/aromatic N) is 1. The topological polar surface area (TPSA) is 49.4 Å². The van der Waals surface area contributed by atoms with Crippen molar-refractivity contribution in [1.82, 2.24) is 10.2 Å². The maximum atomic E-state index is 13.7. The first-order valence-electron chi connectivity index (χ1n) is 12.4. The number of amides is 2. The Morgan fingerprint density at radius 1 is 0.944 bits per heavy atom. The van der Waals surface area contributed by atoms with E-state index in [2.05, 4.69) is 33.4 Å². The molecule has 0 bridgehead atoms. The van der Waals surface area contributed by atoms with Crippen molar-refractivity contribution in [2.45, 2.75) is 58.0 Å². The Labute approximate surface area is 228 Å². The molecular weight excluding hydrogens is 532 g/mol. The van der Waals surface area contributed by atoms with Crippen LogP contribution in [0.15, 0.2) is 83.3 Å². The van der Waals surface area contributed by atoms with Gasteiger partial charge >= 0.3 is 0 Å². The predicted molar refractivity (Wildman–Crippen MR) is 154 cm³/mol. The zero-order chi connectivity index (χ0) is 25.9. The van der Waals surface area contributed by atoms with Crippen molar-refractivity contribution in [3.8, 4) is 0 Å². The van der Waals surface area contributed by atoms with E-state index in [9.17, 15) is 9.59 Å². The molecule has 0 aliphatic rings. The Morgan fingerprint density at radius 2 is 1.61 bits per heavy atom. The lowest BCUT2D eigenvalue weighted by molar-refractivity contribution is -0.139. The van der Waals surface area contributed by atoms with Crippen molar-refractivity contribution in [1.29, 1.82) is 0 Å². The molecule has 4 nitrogen and oxygen atoms in total. The molecule has 3 aromatic rings. The van der Waals surface area contributed by atoms with E-state index in [0.29, 0.717) is 18.7 Å². The molecule has 36 heavy (non-hydrogen) atoms. The Kier molecular flexibility index (Phi) is 11.1. The lowest BCUT2D eigenvalue weighted by Gasteiger charge is -2.32. The van der Waals surface area contributed by atoms with Gasteiger partial charge < -0.3 is 10.2 Å². The Hall–Kier alpha value is -2.57. The van der Waals surface area contributed by atoms with Gasteiger partial charge in [-0.25, -0.2) is 0 Å². The third-order valence-electron chi connectivity index (χ3n) is 6.28. The number of carbonyl (C=O) groups excluding carboxylic acids is 2. The van der Waals surface area contributed by atoms with E-state index < -0.39 is 6.04 Å². The summed E-state index contributed by atoms with van der Waals surface area (Å²) in [6.45, 7) is 6.49. The summed E-state index contributed by atoms with van der Waals surface area (Å²) < 4.78 is 1.04. The molecule has 0 fully saturated rings. The van der Waals surface area contributed by atoms with E-state index >= 15 is 0 Å². The van der Waals surface area contributed by atoms with E-state index in [1.807, 2.05) is 87.5 Å². The second-order valence-corrected chi connectivity index (χ2v) is 11.0. The molecule has 2 atom stereocenters. The van der Waals surface area contributed by atoms with Crippen molar-refractivity contribution < 1.29 is 9.59 Å². The number of hydrogen-bond donors (Lipinski definition) is 1. The number of benzene rings is 3. The molecule has 0 radical (unpaired) electrons. The molecule has 0 unspecified atom stereocenters. The summed E-state index contributed by atoms with van der Waals surface area (Å²) in [4.78, 5) is 29.0. The Balaban J connectivity index is 1.86. The summed E-state index contributed by atoms with van der Waals surface area (Å²) >= 11 is 5.05. The molecule has 0 aliphatic heterocycles. The van der Waals surface area contributed by atoms with Gasteiger partial charge in [0.05, 0.1) is 5.75 Å². The highest BCUT2D eigenvalue weighted by molar-refractivity contribution is 9.10. The van der Waals surface area contributed by atoms with Crippen LogP contribution in [0.2, 0.25) is 0 Å². The summed E-state index contributed by atoms with van der Waals surface area (Å²) in [6, 6.07) is 25.6. The van der Waals surface area contributed by atoms with Crippen molar-refractivity contribution >= 4 is 39.5 Å². The van der Waals surface area contributed by atoms with Crippen LogP contribution in [-0.2, 0) is 28.3 Å². The van der Waals surface area contributed by atoms with Crippen molar-refractivity contribution in [3.05, 3.63) is 106 Å². The maximum Gasteiger partial charge on any atom is 0.243 e. The number of aryl methyl sites for hydroxylation is 1. The summed E-state index contributed by atoms with van der Waals surface area (Å²) in [5, 5.41) is 3.13.